The van der Waals surface area contributed by atoms with E-state index in [4.69, 9.17) is 0 Å². The lowest BCUT2D eigenvalue weighted by atomic mass is 10.2. The highest BCUT2D eigenvalue weighted by molar-refractivity contribution is 9.10. The molecule has 0 saturated carbocycles. The highest BCUT2D eigenvalue weighted by Crippen LogP contribution is 2.21. The van der Waals surface area contributed by atoms with Gasteiger partial charge in [0.05, 0.1) is 0 Å². The van der Waals surface area contributed by atoms with E-state index in [1.165, 1.54) is 12.1 Å². The molecule has 0 unspecified atom stereocenters. The summed E-state index contributed by atoms with van der Waals surface area (Å²) >= 11 is 3.34. The molecule has 0 saturated heterocycles. The van der Waals surface area contributed by atoms with E-state index in [0.29, 0.717) is 16.9 Å². The first-order valence-corrected chi connectivity index (χ1v) is 7.34. The van der Waals surface area contributed by atoms with Gasteiger partial charge in [0.2, 0.25) is 0 Å². The number of amides is 2. The van der Waals surface area contributed by atoms with E-state index in [1.54, 1.807) is 25.1 Å². The van der Waals surface area contributed by atoms with Crippen molar-refractivity contribution in [2.45, 2.75) is 13.8 Å². The number of rotatable bonds is 2. The van der Waals surface area contributed by atoms with Gasteiger partial charge in [-0.05, 0) is 61.4 Å². The number of carbonyl (C=O) groups is 2. The van der Waals surface area contributed by atoms with Crippen LogP contribution >= 0.6 is 15.9 Å². The van der Waals surface area contributed by atoms with Gasteiger partial charge in [-0.1, -0.05) is 15.9 Å². The van der Waals surface area contributed by atoms with Crippen molar-refractivity contribution in [2.75, 3.05) is 10.6 Å². The summed E-state index contributed by atoms with van der Waals surface area (Å²) < 4.78 is 0.896. The fraction of sp³-hybridized carbons (Fsp3) is 0.125. The van der Waals surface area contributed by atoms with Crippen LogP contribution in [0.4, 0.5) is 11.4 Å². The Morgan fingerprint density at radius 2 is 1.41 bits per heavy atom. The highest BCUT2D eigenvalue weighted by atomic mass is 79.9. The maximum atomic E-state index is 11.9. The van der Waals surface area contributed by atoms with Crippen molar-refractivity contribution in [3.63, 3.8) is 0 Å². The molecular weight excluding hydrogens is 348 g/mol. The average Bonchev–Trinajstić information content (AvgIpc) is 2.44. The van der Waals surface area contributed by atoms with E-state index in [9.17, 15) is 14.7 Å². The Bertz CT molecular complexity index is 681. The Hall–Kier alpha value is -2.34. The van der Waals surface area contributed by atoms with E-state index >= 15 is 0 Å². The lowest BCUT2D eigenvalue weighted by Gasteiger charge is -2.10. The number of aromatic hydroxyl groups is 1. The number of carbonyl (C=O) groups excluding carboxylic acids is 2. The molecule has 3 N–H and O–H groups in total. The zero-order valence-corrected chi connectivity index (χ0v) is 13.7. The second kappa shape index (κ2) is 6.62. The molecule has 2 aromatic rings. The van der Waals surface area contributed by atoms with Crippen molar-refractivity contribution in [1.82, 2.24) is 0 Å². The Kier molecular flexibility index (Phi) is 4.82. The average molecular weight is 363 g/mol. The predicted octanol–water partition coefficient (Wildman–Crippen LogP) is 3.35. The van der Waals surface area contributed by atoms with E-state index in [0.717, 1.165) is 10.0 Å². The first-order chi connectivity index (χ1) is 10.4. The van der Waals surface area contributed by atoms with Gasteiger partial charge in [-0.2, -0.15) is 0 Å². The van der Waals surface area contributed by atoms with Crippen molar-refractivity contribution >= 4 is 39.1 Å². The quantitative estimate of drug-likeness (QED) is 0.566. The van der Waals surface area contributed by atoms with Crippen LogP contribution in [0.5, 0.6) is 5.75 Å². The van der Waals surface area contributed by atoms with Crippen molar-refractivity contribution in [1.29, 1.82) is 0 Å². The summed E-state index contributed by atoms with van der Waals surface area (Å²) in [7, 11) is 0. The molecule has 0 aliphatic heterocycles. The van der Waals surface area contributed by atoms with Crippen LogP contribution in [0.15, 0.2) is 40.9 Å². The number of halogens is 1. The van der Waals surface area contributed by atoms with Crippen LogP contribution < -0.4 is 10.6 Å². The molecule has 2 aromatic carbocycles. The number of anilines is 2. The molecule has 6 heteroatoms. The largest absolute Gasteiger partial charge is 0.508 e. The van der Waals surface area contributed by atoms with E-state index < -0.39 is 11.8 Å². The van der Waals surface area contributed by atoms with Crippen molar-refractivity contribution in [3.8, 4) is 5.75 Å². The Balaban J connectivity index is 2.07. The van der Waals surface area contributed by atoms with Gasteiger partial charge >= 0.3 is 11.8 Å². The highest BCUT2D eigenvalue weighted by Gasteiger charge is 2.16. The van der Waals surface area contributed by atoms with Crippen molar-refractivity contribution in [2.24, 2.45) is 0 Å². The molecule has 0 aliphatic carbocycles. The minimum atomic E-state index is -0.767. The summed E-state index contributed by atoms with van der Waals surface area (Å²) in [6.07, 6.45) is 0. The van der Waals surface area contributed by atoms with E-state index in [1.807, 2.05) is 13.0 Å². The molecule has 0 aliphatic rings. The van der Waals surface area contributed by atoms with Gasteiger partial charge in [-0.3, -0.25) is 9.59 Å². The molecule has 0 radical (unpaired) electrons. The van der Waals surface area contributed by atoms with Gasteiger partial charge in [0.1, 0.15) is 5.75 Å². The van der Waals surface area contributed by atoms with Crippen LogP contribution in [0, 0.1) is 13.8 Å². The second-order valence-electron chi connectivity index (χ2n) is 4.87. The number of aryl methyl sites for hydroxylation is 2. The van der Waals surface area contributed by atoms with Crippen LogP contribution in [-0.2, 0) is 9.59 Å². The van der Waals surface area contributed by atoms with E-state index in [-0.39, 0.29) is 5.75 Å². The third-order valence-electron chi connectivity index (χ3n) is 3.10. The summed E-state index contributed by atoms with van der Waals surface area (Å²) in [5, 5.41) is 14.4. The zero-order valence-electron chi connectivity index (χ0n) is 12.1. The van der Waals surface area contributed by atoms with Gasteiger partial charge in [-0.25, -0.2) is 0 Å². The molecule has 0 atom stereocenters. The van der Waals surface area contributed by atoms with Crippen LogP contribution in [-0.4, -0.2) is 16.9 Å². The second-order valence-corrected chi connectivity index (χ2v) is 5.78. The summed E-state index contributed by atoms with van der Waals surface area (Å²) in [5.74, 6) is -1.42. The topological polar surface area (TPSA) is 78.4 Å². The van der Waals surface area contributed by atoms with Gasteiger partial charge in [0.25, 0.3) is 0 Å². The fourth-order valence-corrected chi connectivity index (χ4v) is 2.39. The summed E-state index contributed by atoms with van der Waals surface area (Å²) in [6, 6.07) is 9.84. The summed E-state index contributed by atoms with van der Waals surface area (Å²) in [5.41, 5.74) is 2.56. The van der Waals surface area contributed by atoms with Gasteiger partial charge in [-0.15, -0.1) is 0 Å². The molecule has 2 rings (SSSR count). The minimum Gasteiger partial charge on any atom is -0.508 e. The van der Waals surface area contributed by atoms with Crippen LogP contribution in [0.25, 0.3) is 0 Å². The summed E-state index contributed by atoms with van der Waals surface area (Å²) in [6.45, 7) is 3.56. The molecule has 0 spiro atoms. The number of benzene rings is 2. The van der Waals surface area contributed by atoms with Gasteiger partial charge in [0.15, 0.2) is 0 Å². The van der Waals surface area contributed by atoms with E-state index in [2.05, 4.69) is 26.6 Å². The van der Waals surface area contributed by atoms with Gasteiger partial charge < -0.3 is 15.7 Å². The molecule has 22 heavy (non-hydrogen) atoms. The molecule has 2 amide bonds. The molecule has 0 fully saturated rings. The summed E-state index contributed by atoms with van der Waals surface area (Å²) in [4.78, 5) is 23.9. The third-order valence-corrected chi connectivity index (χ3v) is 3.59. The fourth-order valence-electron chi connectivity index (χ4n) is 1.91. The Labute approximate surface area is 136 Å². The van der Waals surface area contributed by atoms with Gasteiger partial charge in [0, 0.05) is 15.8 Å². The molecule has 114 valence electrons. The first kappa shape index (κ1) is 16.0. The SMILES string of the molecule is Cc1cc(O)ccc1NC(=O)C(=O)Nc1ccc(Br)cc1C. The van der Waals surface area contributed by atoms with Crippen LogP contribution in [0.3, 0.4) is 0 Å². The maximum Gasteiger partial charge on any atom is 0.314 e. The lowest BCUT2D eigenvalue weighted by Crippen LogP contribution is -2.29. The number of hydrogen-bond acceptors (Lipinski definition) is 3. The first-order valence-electron chi connectivity index (χ1n) is 6.55. The monoisotopic (exact) mass is 362 g/mol. The number of phenols is 1. The van der Waals surface area contributed by atoms with Crippen molar-refractivity contribution < 1.29 is 14.7 Å². The van der Waals surface area contributed by atoms with Crippen molar-refractivity contribution in [3.05, 3.63) is 52.0 Å². The Morgan fingerprint density at radius 3 is 1.91 bits per heavy atom. The minimum absolute atomic E-state index is 0.102. The standard InChI is InChI=1S/C16H15BrN2O3/c1-9-7-11(17)3-5-13(9)18-15(21)16(22)19-14-6-4-12(20)8-10(14)2/h3-8,20H,1-2H3,(H,18,21)(H,19,22). The number of hydrogen-bond donors (Lipinski definition) is 3. The molecule has 5 nitrogen and oxygen atoms in total. The number of nitrogens with one attached hydrogen (secondary N) is 2. The molecular formula is C16H15BrN2O3. The molecule has 0 bridgehead atoms. The predicted molar refractivity (Wildman–Crippen MR) is 89.0 cm³/mol. The Morgan fingerprint density at radius 1 is 0.909 bits per heavy atom. The molecule has 0 aromatic heterocycles. The lowest BCUT2D eigenvalue weighted by molar-refractivity contribution is -0.133. The maximum absolute atomic E-state index is 11.9. The molecule has 0 heterocycles. The smallest absolute Gasteiger partial charge is 0.314 e. The third kappa shape index (κ3) is 3.85. The number of phenolic OH excluding ortho intramolecular Hbond substituents is 1. The normalized spacial score (nSPS) is 10.1. The van der Waals surface area contributed by atoms with Crippen LogP contribution in [0.2, 0.25) is 0 Å². The zero-order chi connectivity index (χ0) is 16.3. The van der Waals surface area contributed by atoms with Crippen LogP contribution in [0.1, 0.15) is 11.1 Å².